The average molecular weight is 375 g/mol. The molecule has 26 heavy (non-hydrogen) atoms. The van der Waals surface area contributed by atoms with Crippen LogP contribution in [0.25, 0.3) is 0 Å². The van der Waals surface area contributed by atoms with E-state index in [9.17, 15) is 19.7 Å². The van der Waals surface area contributed by atoms with E-state index in [4.69, 9.17) is 0 Å². The first-order chi connectivity index (χ1) is 12.5. The molecule has 0 aliphatic carbocycles. The molecule has 1 saturated heterocycles. The lowest BCUT2D eigenvalue weighted by atomic mass is 10.1. The Hall–Kier alpha value is -3.01. The lowest BCUT2D eigenvalue weighted by Crippen LogP contribution is -2.48. The van der Waals surface area contributed by atoms with Crippen LogP contribution in [0.1, 0.15) is 17.3 Å². The molecule has 1 N–H and O–H groups in total. The van der Waals surface area contributed by atoms with Gasteiger partial charge in [0, 0.05) is 56.3 Å². The van der Waals surface area contributed by atoms with Crippen LogP contribution in [-0.2, 0) is 4.79 Å². The van der Waals surface area contributed by atoms with Crippen molar-refractivity contribution in [1.29, 1.82) is 0 Å². The van der Waals surface area contributed by atoms with Crippen molar-refractivity contribution < 1.29 is 14.5 Å². The van der Waals surface area contributed by atoms with Gasteiger partial charge in [-0.3, -0.25) is 25.0 Å². The summed E-state index contributed by atoms with van der Waals surface area (Å²) < 4.78 is 0. The lowest BCUT2D eigenvalue weighted by molar-refractivity contribution is -0.384. The van der Waals surface area contributed by atoms with Crippen LogP contribution in [0, 0.1) is 10.1 Å². The monoisotopic (exact) mass is 375 g/mol. The van der Waals surface area contributed by atoms with Gasteiger partial charge in [0.25, 0.3) is 11.6 Å². The molecule has 9 nitrogen and oxygen atoms in total. The number of anilines is 2. The number of amides is 2. The molecule has 2 heterocycles. The Morgan fingerprint density at radius 2 is 2.00 bits per heavy atom. The molecule has 0 spiro atoms. The number of aromatic nitrogens is 1. The van der Waals surface area contributed by atoms with Gasteiger partial charge in [-0.1, -0.05) is 0 Å². The van der Waals surface area contributed by atoms with Crippen molar-refractivity contribution >= 4 is 39.7 Å². The van der Waals surface area contributed by atoms with Gasteiger partial charge in [0.1, 0.15) is 5.69 Å². The topological polar surface area (TPSA) is 109 Å². The molecule has 1 aromatic carbocycles. The van der Waals surface area contributed by atoms with E-state index in [1.165, 1.54) is 24.3 Å². The predicted octanol–water partition coefficient (Wildman–Crippen LogP) is 1.97. The van der Waals surface area contributed by atoms with Crippen LogP contribution in [0.3, 0.4) is 0 Å². The number of hydrogen-bond acceptors (Lipinski definition) is 7. The molecule has 10 heteroatoms. The second-order valence-electron chi connectivity index (χ2n) is 5.75. The van der Waals surface area contributed by atoms with E-state index in [1.807, 2.05) is 4.90 Å². The fraction of sp³-hybridized carbons (Fsp3) is 0.312. The molecule has 0 bridgehead atoms. The van der Waals surface area contributed by atoms with Crippen LogP contribution < -0.4 is 10.2 Å². The minimum atomic E-state index is -0.493. The molecule has 1 aliphatic heterocycles. The number of benzene rings is 1. The first-order valence-electron chi connectivity index (χ1n) is 7.95. The highest BCUT2D eigenvalue weighted by molar-refractivity contribution is 7.13. The smallest absolute Gasteiger partial charge is 0.293 e. The van der Waals surface area contributed by atoms with Crippen molar-refractivity contribution in [3.63, 3.8) is 0 Å². The Labute approximate surface area is 153 Å². The first kappa shape index (κ1) is 17.8. The molecular weight excluding hydrogens is 358 g/mol. The van der Waals surface area contributed by atoms with Crippen LogP contribution in [0.2, 0.25) is 0 Å². The van der Waals surface area contributed by atoms with Crippen molar-refractivity contribution in [3.8, 4) is 0 Å². The van der Waals surface area contributed by atoms with Gasteiger partial charge in [-0.05, 0) is 12.1 Å². The standard InChI is InChI=1S/C16H17N5O4S/c1-11(22)19-5-7-20(8-6-19)13-3-2-12(10-14(13)21(24)25)15(23)18-16-17-4-9-26-16/h2-4,9-10H,5-8H2,1H3,(H,17,18,23). The Morgan fingerprint density at radius 1 is 1.27 bits per heavy atom. The van der Waals surface area contributed by atoms with Crippen molar-refractivity contribution in [1.82, 2.24) is 9.88 Å². The van der Waals surface area contributed by atoms with Crippen LogP contribution in [-0.4, -0.2) is 52.8 Å². The quantitative estimate of drug-likeness (QED) is 0.646. The second kappa shape index (κ2) is 7.48. The predicted molar refractivity (Wildman–Crippen MR) is 97.6 cm³/mol. The molecule has 0 atom stereocenters. The van der Waals surface area contributed by atoms with Gasteiger partial charge in [-0.15, -0.1) is 11.3 Å². The number of carbonyl (C=O) groups is 2. The fourth-order valence-corrected chi connectivity index (χ4v) is 3.32. The number of carbonyl (C=O) groups excluding carboxylic acids is 2. The van der Waals surface area contributed by atoms with Gasteiger partial charge >= 0.3 is 0 Å². The molecular formula is C16H17N5O4S. The van der Waals surface area contributed by atoms with Crippen molar-refractivity contribution in [2.24, 2.45) is 0 Å². The van der Waals surface area contributed by atoms with E-state index in [0.717, 1.165) is 0 Å². The minimum Gasteiger partial charge on any atom is -0.362 e. The highest BCUT2D eigenvalue weighted by Crippen LogP contribution is 2.30. The summed E-state index contributed by atoms with van der Waals surface area (Å²) in [5, 5.41) is 16.3. The molecule has 136 valence electrons. The maximum Gasteiger partial charge on any atom is 0.293 e. The number of nitrogens with one attached hydrogen (secondary N) is 1. The molecule has 0 radical (unpaired) electrons. The summed E-state index contributed by atoms with van der Waals surface area (Å²) in [4.78, 5) is 42.2. The van der Waals surface area contributed by atoms with Crippen molar-refractivity contribution in [3.05, 3.63) is 45.5 Å². The number of nitro benzene ring substituents is 1. The third kappa shape index (κ3) is 3.80. The molecule has 3 rings (SSSR count). The average Bonchev–Trinajstić information content (AvgIpc) is 3.14. The summed E-state index contributed by atoms with van der Waals surface area (Å²) in [6.45, 7) is 3.54. The van der Waals surface area contributed by atoms with E-state index in [-0.39, 0.29) is 17.2 Å². The molecule has 1 fully saturated rings. The number of piperazine rings is 1. The van der Waals surface area contributed by atoms with E-state index in [2.05, 4.69) is 10.3 Å². The number of thiazole rings is 1. The van der Waals surface area contributed by atoms with Crippen molar-refractivity contribution in [2.45, 2.75) is 6.92 Å². The third-order valence-electron chi connectivity index (χ3n) is 4.15. The van der Waals surface area contributed by atoms with Gasteiger partial charge in [0.2, 0.25) is 5.91 Å². The van der Waals surface area contributed by atoms with E-state index >= 15 is 0 Å². The van der Waals surface area contributed by atoms with Gasteiger partial charge in [-0.2, -0.15) is 0 Å². The molecule has 0 unspecified atom stereocenters. The Morgan fingerprint density at radius 3 is 2.58 bits per heavy atom. The van der Waals surface area contributed by atoms with Crippen LogP contribution >= 0.6 is 11.3 Å². The number of rotatable bonds is 4. The Balaban J connectivity index is 1.80. The van der Waals surface area contributed by atoms with Gasteiger partial charge in [-0.25, -0.2) is 4.98 Å². The van der Waals surface area contributed by atoms with Crippen LogP contribution in [0.5, 0.6) is 0 Å². The maximum atomic E-state index is 12.3. The summed E-state index contributed by atoms with van der Waals surface area (Å²) in [5.41, 5.74) is 0.509. The zero-order valence-corrected chi connectivity index (χ0v) is 14.9. The molecule has 2 amide bonds. The van der Waals surface area contributed by atoms with Gasteiger partial charge < -0.3 is 9.80 Å². The van der Waals surface area contributed by atoms with Gasteiger partial charge in [0.05, 0.1) is 4.92 Å². The SMILES string of the molecule is CC(=O)N1CCN(c2ccc(C(=O)Nc3nccs3)cc2[N+](=O)[O-])CC1. The fourth-order valence-electron chi connectivity index (χ4n) is 2.80. The summed E-state index contributed by atoms with van der Waals surface area (Å²) in [6, 6.07) is 4.41. The molecule has 1 aromatic heterocycles. The molecule has 1 aliphatic rings. The zero-order chi connectivity index (χ0) is 18.7. The molecule has 0 saturated carbocycles. The van der Waals surface area contributed by atoms with Gasteiger partial charge in [0.15, 0.2) is 5.13 Å². The largest absolute Gasteiger partial charge is 0.362 e. The Kier molecular flexibility index (Phi) is 5.12. The normalized spacial score (nSPS) is 14.2. The first-order valence-corrected chi connectivity index (χ1v) is 8.83. The Bertz CT molecular complexity index is 831. The number of nitro groups is 1. The summed E-state index contributed by atoms with van der Waals surface area (Å²) >= 11 is 1.27. The maximum absolute atomic E-state index is 12.3. The third-order valence-corrected chi connectivity index (χ3v) is 4.84. The molecule has 2 aromatic rings. The van der Waals surface area contributed by atoms with Crippen molar-refractivity contribution in [2.75, 3.05) is 36.4 Å². The highest BCUT2D eigenvalue weighted by Gasteiger charge is 2.26. The number of hydrogen-bond donors (Lipinski definition) is 1. The van der Waals surface area contributed by atoms with E-state index in [0.29, 0.717) is 37.0 Å². The lowest BCUT2D eigenvalue weighted by Gasteiger charge is -2.35. The summed E-state index contributed by atoms with van der Waals surface area (Å²) in [5.74, 6) is -0.454. The highest BCUT2D eigenvalue weighted by atomic mass is 32.1. The number of nitrogens with zero attached hydrogens (tertiary/aromatic N) is 4. The van der Waals surface area contributed by atoms with E-state index in [1.54, 1.807) is 28.6 Å². The zero-order valence-electron chi connectivity index (χ0n) is 14.0. The van der Waals surface area contributed by atoms with Crippen LogP contribution in [0.15, 0.2) is 29.8 Å². The van der Waals surface area contributed by atoms with Crippen LogP contribution in [0.4, 0.5) is 16.5 Å². The minimum absolute atomic E-state index is 0.00615. The second-order valence-corrected chi connectivity index (χ2v) is 6.64. The summed E-state index contributed by atoms with van der Waals surface area (Å²) in [6.07, 6.45) is 1.56. The summed E-state index contributed by atoms with van der Waals surface area (Å²) in [7, 11) is 0. The van der Waals surface area contributed by atoms with E-state index < -0.39 is 10.8 Å².